The Labute approximate surface area is 143 Å². The number of methoxy groups -OCH3 is 1. The Bertz CT molecular complexity index is 741. The van der Waals surface area contributed by atoms with E-state index in [1.54, 1.807) is 24.8 Å². The van der Waals surface area contributed by atoms with Crippen molar-refractivity contribution in [2.45, 2.75) is 25.3 Å². The smallest absolute Gasteiger partial charge is 0.336 e. The normalized spacial score (nSPS) is 17.0. The number of thiophene rings is 1. The number of nitrogens with zero attached hydrogens (tertiary/aromatic N) is 2. The minimum Gasteiger partial charge on any atom is -0.495 e. The minimum atomic E-state index is -0.966. The van der Waals surface area contributed by atoms with E-state index in [4.69, 9.17) is 9.84 Å². The highest BCUT2D eigenvalue weighted by Gasteiger charge is 2.31. The van der Waals surface area contributed by atoms with Gasteiger partial charge < -0.3 is 14.7 Å². The summed E-state index contributed by atoms with van der Waals surface area (Å²) >= 11 is 1.31. The van der Waals surface area contributed by atoms with Crippen LogP contribution in [0.25, 0.3) is 0 Å². The molecule has 3 rings (SSSR count). The van der Waals surface area contributed by atoms with Gasteiger partial charge in [-0.3, -0.25) is 9.78 Å². The molecule has 1 fully saturated rings. The monoisotopic (exact) mass is 346 g/mol. The molecule has 1 amide bonds. The van der Waals surface area contributed by atoms with Crippen LogP contribution in [-0.4, -0.2) is 40.5 Å². The van der Waals surface area contributed by atoms with Crippen LogP contribution < -0.4 is 4.74 Å². The second-order valence-electron chi connectivity index (χ2n) is 5.65. The minimum absolute atomic E-state index is 0.00825. The van der Waals surface area contributed by atoms with Gasteiger partial charge in [-0.25, -0.2) is 4.79 Å². The van der Waals surface area contributed by atoms with E-state index >= 15 is 0 Å². The van der Waals surface area contributed by atoms with Crippen molar-refractivity contribution in [1.29, 1.82) is 0 Å². The van der Waals surface area contributed by atoms with Gasteiger partial charge in [0.2, 0.25) is 5.91 Å². The standard InChI is InChI=1S/C17H18N2O4S/c1-23-12-4-5-14(18-9-12)15-3-2-6-19(15)16(20)8-13-7-11(10-24-13)17(21)22/h4-5,7,9-10,15H,2-3,6,8H2,1H3,(H,21,22). The maximum Gasteiger partial charge on any atom is 0.336 e. The average molecular weight is 346 g/mol. The summed E-state index contributed by atoms with van der Waals surface area (Å²) in [5.74, 6) is -0.269. The van der Waals surface area contributed by atoms with E-state index in [2.05, 4.69) is 4.98 Å². The zero-order valence-electron chi connectivity index (χ0n) is 13.3. The highest BCUT2D eigenvalue weighted by molar-refractivity contribution is 7.10. The summed E-state index contributed by atoms with van der Waals surface area (Å²) in [4.78, 5) is 30.6. The van der Waals surface area contributed by atoms with Gasteiger partial charge in [-0.2, -0.15) is 0 Å². The van der Waals surface area contributed by atoms with Gasteiger partial charge in [0.1, 0.15) is 5.75 Å². The predicted molar refractivity (Wildman–Crippen MR) is 89.5 cm³/mol. The van der Waals surface area contributed by atoms with Crippen LogP contribution in [0.4, 0.5) is 0 Å². The first kappa shape index (κ1) is 16.4. The molecule has 3 heterocycles. The Balaban J connectivity index is 1.71. The molecular weight excluding hydrogens is 328 g/mol. The molecule has 1 N–H and O–H groups in total. The third-order valence-corrected chi connectivity index (χ3v) is 5.07. The van der Waals surface area contributed by atoms with Crippen molar-refractivity contribution in [1.82, 2.24) is 9.88 Å². The van der Waals surface area contributed by atoms with Gasteiger partial charge in [-0.1, -0.05) is 0 Å². The molecule has 0 aliphatic carbocycles. The van der Waals surface area contributed by atoms with Crippen LogP contribution in [0.2, 0.25) is 0 Å². The van der Waals surface area contributed by atoms with Crippen molar-refractivity contribution >= 4 is 23.2 Å². The van der Waals surface area contributed by atoms with E-state index in [0.29, 0.717) is 12.3 Å². The lowest BCUT2D eigenvalue weighted by Gasteiger charge is -2.24. The molecule has 1 saturated heterocycles. The van der Waals surface area contributed by atoms with Crippen LogP contribution in [0.1, 0.15) is 39.8 Å². The van der Waals surface area contributed by atoms with Crippen LogP contribution in [0, 0.1) is 0 Å². The van der Waals surface area contributed by atoms with E-state index in [0.717, 1.165) is 23.4 Å². The number of likely N-dealkylation sites (tertiary alicyclic amines) is 1. The Kier molecular flexibility index (Phi) is 4.80. The van der Waals surface area contributed by atoms with Crippen LogP contribution >= 0.6 is 11.3 Å². The van der Waals surface area contributed by atoms with Crippen molar-refractivity contribution < 1.29 is 19.4 Å². The second-order valence-corrected chi connectivity index (χ2v) is 6.65. The summed E-state index contributed by atoms with van der Waals surface area (Å²) in [6, 6.07) is 5.29. The molecule has 6 nitrogen and oxygen atoms in total. The molecule has 0 spiro atoms. The van der Waals surface area contributed by atoms with Crippen molar-refractivity contribution in [3.05, 3.63) is 45.9 Å². The number of aromatic carboxylic acids is 1. The zero-order valence-corrected chi connectivity index (χ0v) is 14.1. The summed E-state index contributed by atoms with van der Waals surface area (Å²) < 4.78 is 5.12. The molecule has 1 unspecified atom stereocenters. The van der Waals surface area contributed by atoms with Crippen LogP contribution in [0.15, 0.2) is 29.8 Å². The maximum absolute atomic E-state index is 12.6. The van der Waals surface area contributed by atoms with Crippen LogP contribution in [0.5, 0.6) is 5.75 Å². The topological polar surface area (TPSA) is 79.7 Å². The molecule has 0 aromatic carbocycles. The van der Waals surface area contributed by atoms with E-state index in [1.807, 2.05) is 17.0 Å². The first-order valence-corrected chi connectivity index (χ1v) is 8.56. The van der Waals surface area contributed by atoms with Crippen LogP contribution in [0.3, 0.4) is 0 Å². The molecule has 2 aromatic heterocycles. The maximum atomic E-state index is 12.6. The van der Waals surface area contributed by atoms with Crippen molar-refractivity contribution in [2.24, 2.45) is 0 Å². The molecule has 2 aromatic rings. The molecular formula is C17H18N2O4S. The fourth-order valence-corrected chi connectivity index (χ4v) is 3.77. The van der Waals surface area contributed by atoms with Crippen molar-refractivity contribution in [3.8, 4) is 5.75 Å². The highest BCUT2D eigenvalue weighted by atomic mass is 32.1. The fourth-order valence-electron chi connectivity index (χ4n) is 2.92. The summed E-state index contributed by atoms with van der Waals surface area (Å²) in [6.07, 6.45) is 3.71. The van der Waals surface area contributed by atoms with Crippen molar-refractivity contribution in [2.75, 3.05) is 13.7 Å². The Morgan fingerprint density at radius 3 is 2.92 bits per heavy atom. The Hall–Kier alpha value is -2.41. The van der Waals surface area contributed by atoms with Gasteiger partial charge in [-0.15, -0.1) is 11.3 Å². The molecule has 7 heteroatoms. The number of hydrogen-bond donors (Lipinski definition) is 1. The number of ether oxygens (including phenoxy) is 1. The first-order valence-electron chi connectivity index (χ1n) is 7.68. The van der Waals surface area contributed by atoms with Gasteiger partial charge in [0.25, 0.3) is 0 Å². The summed E-state index contributed by atoms with van der Waals surface area (Å²) in [5, 5.41) is 10.5. The van der Waals surface area contributed by atoms with E-state index < -0.39 is 5.97 Å². The van der Waals surface area contributed by atoms with Gasteiger partial charge in [0, 0.05) is 16.8 Å². The zero-order chi connectivity index (χ0) is 17.1. The fraction of sp³-hybridized carbons (Fsp3) is 0.353. The predicted octanol–water partition coefficient (Wildman–Crippen LogP) is 2.76. The number of rotatable bonds is 5. The molecule has 126 valence electrons. The number of aromatic nitrogens is 1. The van der Waals surface area contributed by atoms with Gasteiger partial charge in [0.15, 0.2) is 0 Å². The van der Waals surface area contributed by atoms with Gasteiger partial charge in [-0.05, 0) is 31.0 Å². The molecule has 0 bridgehead atoms. The molecule has 0 radical (unpaired) electrons. The van der Waals surface area contributed by atoms with Crippen molar-refractivity contribution in [3.63, 3.8) is 0 Å². The molecule has 1 aliphatic rings. The Morgan fingerprint density at radius 2 is 2.29 bits per heavy atom. The SMILES string of the molecule is COc1ccc(C2CCCN2C(=O)Cc2cc(C(=O)O)cs2)nc1. The van der Waals surface area contributed by atoms with E-state index in [9.17, 15) is 9.59 Å². The van der Waals surface area contributed by atoms with Gasteiger partial charge >= 0.3 is 5.97 Å². The third kappa shape index (κ3) is 3.41. The molecule has 0 saturated carbocycles. The number of carbonyl (C=O) groups excluding carboxylic acids is 1. The number of carboxylic acid groups (broad SMARTS) is 1. The number of carboxylic acids is 1. The average Bonchev–Trinajstić information content (AvgIpc) is 3.24. The molecule has 1 atom stereocenters. The first-order chi connectivity index (χ1) is 11.6. The largest absolute Gasteiger partial charge is 0.495 e. The summed E-state index contributed by atoms with van der Waals surface area (Å²) in [6.45, 7) is 0.703. The highest BCUT2D eigenvalue weighted by Crippen LogP contribution is 2.32. The number of hydrogen-bond acceptors (Lipinski definition) is 5. The van der Waals surface area contributed by atoms with E-state index in [1.165, 1.54) is 11.3 Å². The number of amides is 1. The Morgan fingerprint density at radius 1 is 1.46 bits per heavy atom. The summed E-state index contributed by atoms with van der Waals surface area (Å²) in [5.41, 5.74) is 1.09. The summed E-state index contributed by atoms with van der Waals surface area (Å²) in [7, 11) is 1.59. The van der Waals surface area contributed by atoms with Gasteiger partial charge in [0.05, 0.1) is 37.0 Å². The lowest BCUT2D eigenvalue weighted by molar-refractivity contribution is -0.131. The number of carbonyl (C=O) groups is 2. The molecule has 24 heavy (non-hydrogen) atoms. The third-order valence-electron chi connectivity index (χ3n) is 4.14. The lowest BCUT2D eigenvalue weighted by atomic mass is 10.1. The van der Waals surface area contributed by atoms with E-state index in [-0.39, 0.29) is 23.9 Å². The van der Waals surface area contributed by atoms with Crippen LogP contribution in [-0.2, 0) is 11.2 Å². The second kappa shape index (κ2) is 7.00. The number of pyridine rings is 1. The quantitative estimate of drug-likeness (QED) is 0.900. The molecule has 1 aliphatic heterocycles. The lowest BCUT2D eigenvalue weighted by Crippen LogP contribution is -2.32.